The Labute approximate surface area is 44.5 Å². The van der Waals surface area contributed by atoms with Gasteiger partial charge in [-0.05, 0) is 19.5 Å². The van der Waals surface area contributed by atoms with Crippen LogP contribution in [0.2, 0.25) is 0 Å². The monoisotopic (exact) mass is 97.1 g/mol. The Morgan fingerprint density at radius 3 is 2.57 bits per heavy atom. The topological polar surface area (TPSA) is 26.0 Å². The Balaban J connectivity index is 3.14. The van der Waals surface area contributed by atoms with Crippen LogP contribution in [0.5, 0.6) is 0 Å². The van der Waals surface area contributed by atoms with Gasteiger partial charge in [0.05, 0.1) is 0 Å². The van der Waals surface area contributed by atoms with Gasteiger partial charge in [0.2, 0.25) is 0 Å². The maximum absolute atomic E-state index is 5.06. The van der Waals surface area contributed by atoms with Crippen LogP contribution in [-0.2, 0) is 0 Å². The van der Waals surface area contributed by atoms with E-state index >= 15 is 0 Å². The maximum atomic E-state index is 5.06. The first-order chi connectivity index (χ1) is 3.27. The first kappa shape index (κ1) is 6.28. The fourth-order valence-electron chi connectivity index (χ4n) is 0.269. The smallest absolute Gasteiger partial charge is 0.00998 e. The number of nitrogens with two attached hydrogens (primary N) is 1. The molecule has 0 unspecified atom stereocenters. The summed E-state index contributed by atoms with van der Waals surface area (Å²) in [6.07, 6.45) is 4.31. The molecular weight excluding hydrogens is 86.1 g/mol. The van der Waals surface area contributed by atoms with Crippen LogP contribution in [0, 0.1) is 0 Å². The van der Waals surface area contributed by atoms with Crippen LogP contribution in [0.15, 0.2) is 24.4 Å². The van der Waals surface area contributed by atoms with E-state index in [9.17, 15) is 0 Å². The van der Waals surface area contributed by atoms with Gasteiger partial charge >= 0.3 is 0 Å². The third-order valence-corrected chi connectivity index (χ3v) is 0.602. The SMILES string of the molecule is C=C(C)C/C=C\N. The van der Waals surface area contributed by atoms with Gasteiger partial charge < -0.3 is 5.73 Å². The van der Waals surface area contributed by atoms with Gasteiger partial charge in [-0.3, -0.25) is 0 Å². The highest BCUT2D eigenvalue weighted by Gasteiger charge is 1.73. The Morgan fingerprint density at radius 1 is 1.86 bits per heavy atom. The number of allylic oxidation sites excluding steroid dienone is 2. The second kappa shape index (κ2) is 3.47. The largest absolute Gasteiger partial charge is 0.405 e. The summed E-state index contributed by atoms with van der Waals surface area (Å²) in [7, 11) is 0. The molecule has 0 saturated heterocycles. The Hall–Kier alpha value is -0.720. The molecule has 0 fully saturated rings. The van der Waals surface area contributed by atoms with Gasteiger partial charge in [-0.25, -0.2) is 0 Å². The van der Waals surface area contributed by atoms with E-state index in [-0.39, 0.29) is 0 Å². The van der Waals surface area contributed by atoms with Crippen molar-refractivity contribution in [2.75, 3.05) is 0 Å². The molecule has 0 rings (SSSR count). The molecule has 1 nitrogen and oxygen atoms in total. The van der Waals surface area contributed by atoms with Crippen molar-refractivity contribution in [3.8, 4) is 0 Å². The van der Waals surface area contributed by atoms with E-state index in [0.717, 1.165) is 12.0 Å². The fourth-order valence-corrected chi connectivity index (χ4v) is 0.269. The summed E-state index contributed by atoms with van der Waals surface area (Å²) < 4.78 is 0. The lowest BCUT2D eigenvalue weighted by molar-refractivity contribution is 1.22. The predicted octanol–water partition coefficient (Wildman–Crippen LogP) is 1.43. The third-order valence-electron chi connectivity index (χ3n) is 0.602. The lowest BCUT2D eigenvalue weighted by atomic mass is 10.2. The Morgan fingerprint density at radius 2 is 2.43 bits per heavy atom. The summed E-state index contributed by atoms with van der Waals surface area (Å²) in [5.74, 6) is 0. The van der Waals surface area contributed by atoms with Gasteiger partial charge in [-0.2, -0.15) is 0 Å². The molecule has 0 saturated carbocycles. The first-order valence-corrected chi connectivity index (χ1v) is 2.28. The van der Waals surface area contributed by atoms with Crippen molar-refractivity contribution in [1.82, 2.24) is 0 Å². The lowest BCUT2D eigenvalue weighted by Gasteiger charge is -1.84. The molecule has 1 heteroatoms. The standard InChI is InChI=1S/C6H11N/c1-6(2)4-3-5-7/h3,5H,1,4,7H2,2H3/b5-3-. The molecule has 0 aromatic rings. The van der Waals surface area contributed by atoms with Crippen LogP contribution in [0.4, 0.5) is 0 Å². The van der Waals surface area contributed by atoms with Crippen LogP contribution in [0.3, 0.4) is 0 Å². The van der Waals surface area contributed by atoms with E-state index in [1.165, 1.54) is 6.20 Å². The highest BCUT2D eigenvalue weighted by Crippen LogP contribution is 1.93. The molecule has 7 heavy (non-hydrogen) atoms. The third kappa shape index (κ3) is 5.28. The predicted molar refractivity (Wildman–Crippen MR) is 32.8 cm³/mol. The molecule has 0 aromatic carbocycles. The van der Waals surface area contributed by atoms with Crippen molar-refractivity contribution in [2.45, 2.75) is 13.3 Å². The summed E-state index contributed by atoms with van der Waals surface area (Å²) in [4.78, 5) is 0. The summed E-state index contributed by atoms with van der Waals surface area (Å²) in [5.41, 5.74) is 6.20. The minimum Gasteiger partial charge on any atom is -0.405 e. The summed E-state index contributed by atoms with van der Waals surface area (Å²) in [6.45, 7) is 5.66. The highest BCUT2D eigenvalue weighted by atomic mass is 14.5. The van der Waals surface area contributed by atoms with Crippen LogP contribution in [0.25, 0.3) is 0 Å². The second-order valence-corrected chi connectivity index (χ2v) is 1.59. The molecule has 0 atom stereocenters. The molecule has 2 N–H and O–H groups in total. The summed E-state index contributed by atoms with van der Waals surface area (Å²) in [6, 6.07) is 0. The average Bonchev–Trinajstić information content (AvgIpc) is 1.61. The van der Waals surface area contributed by atoms with Crippen LogP contribution >= 0.6 is 0 Å². The van der Waals surface area contributed by atoms with Crippen molar-refractivity contribution >= 4 is 0 Å². The molecule has 0 bridgehead atoms. The summed E-state index contributed by atoms with van der Waals surface area (Å²) >= 11 is 0. The number of hydrogen-bond acceptors (Lipinski definition) is 1. The molecule has 0 aliphatic carbocycles. The zero-order chi connectivity index (χ0) is 5.70. The van der Waals surface area contributed by atoms with E-state index in [1.54, 1.807) is 0 Å². The quantitative estimate of drug-likeness (QED) is 0.518. The second-order valence-electron chi connectivity index (χ2n) is 1.59. The van der Waals surface area contributed by atoms with Gasteiger partial charge in [-0.1, -0.05) is 18.2 Å². The van der Waals surface area contributed by atoms with E-state index in [1.807, 2.05) is 13.0 Å². The Kier molecular flexibility index (Phi) is 3.11. The van der Waals surface area contributed by atoms with E-state index in [0.29, 0.717) is 0 Å². The molecule has 0 aromatic heterocycles. The first-order valence-electron chi connectivity index (χ1n) is 2.28. The van der Waals surface area contributed by atoms with Gasteiger partial charge in [0.15, 0.2) is 0 Å². The summed E-state index contributed by atoms with van der Waals surface area (Å²) in [5, 5.41) is 0. The molecule has 0 heterocycles. The molecule has 0 aliphatic heterocycles. The van der Waals surface area contributed by atoms with Crippen molar-refractivity contribution in [2.24, 2.45) is 5.73 Å². The van der Waals surface area contributed by atoms with Crippen LogP contribution in [-0.4, -0.2) is 0 Å². The minimum atomic E-state index is 0.899. The van der Waals surface area contributed by atoms with Gasteiger partial charge in [-0.15, -0.1) is 0 Å². The van der Waals surface area contributed by atoms with Crippen molar-refractivity contribution in [1.29, 1.82) is 0 Å². The molecule has 0 amide bonds. The molecule has 0 aliphatic rings. The minimum absolute atomic E-state index is 0.899. The van der Waals surface area contributed by atoms with Gasteiger partial charge in [0.25, 0.3) is 0 Å². The van der Waals surface area contributed by atoms with Crippen molar-refractivity contribution < 1.29 is 0 Å². The van der Waals surface area contributed by atoms with Crippen LogP contribution in [0.1, 0.15) is 13.3 Å². The molecular formula is C6H11N. The van der Waals surface area contributed by atoms with Gasteiger partial charge in [0.1, 0.15) is 0 Å². The normalized spacial score (nSPS) is 9.86. The van der Waals surface area contributed by atoms with Crippen LogP contribution < -0.4 is 5.73 Å². The zero-order valence-electron chi connectivity index (χ0n) is 4.65. The zero-order valence-corrected chi connectivity index (χ0v) is 4.65. The number of hydrogen-bond donors (Lipinski definition) is 1. The number of rotatable bonds is 2. The molecule has 40 valence electrons. The lowest BCUT2D eigenvalue weighted by Crippen LogP contribution is -1.75. The van der Waals surface area contributed by atoms with E-state index < -0.39 is 0 Å². The van der Waals surface area contributed by atoms with Crippen molar-refractivity contribution in [3.05, 3.63) is 24.4 Å². The maximum Gasteiger partial charge on any atom is -0.00998 e. The molecule has 0 spiro atoms. The Bertz CT molecular complexity index is 82.2. The van der Waals surface area contributed by atoms with Crippen molar-refractivity contribution in [3.63, 3.8) is 0 Å². The average molecular weight is 97.2 g/mol. The van der Waals surface area contributed by atoms with Gasteiger partial charge in [0, 0.05) is 0 Å². The highest BCUT2D eigenvalue weighted by molar-refractivity contribution is 4.96. The van der Waals surface area contributed by atoms with E-state index in [4.69, 9.17) is 5.73 Å². The van der Waals surface area contributed by atoms with E-state index in [2.05, 4.69) is 6.58 Å². The molecule has 0 radical (unpaired) electrons. The fraction of sp³-hybridized carbons (Fsp3) is 0.333.